The second-order valence-corrected chi connectivity index (χ2v) is 6.83. The molecule has 1 aromatic carbocycles. The highest BCUT2D eigenvalue weighted by molar-refractivity contribution is 9.10. The highest BCUT2D eigenvalue weighted by Gasteiger charge is 2.45. The number of fused-ring (bicyclic) bond motifs is 1. The zero-order valence-corrected chi connectivity index (χ0v) is 13.0. The van der Waals surface area contributed by atoms with Crippen molar-refractivity contribution in [2.24, 2.45) is 0 Å². The number of nitrogens with zero attached hydrogens (tertiary/aromatic N) is 3. The van der Waals surface area contributed by atoms with Crippen LogP contribution >= 0.6 is 15.9 Å². The number of ether oxygens (including phenoxy) is 1. The molecule has 0 N–H and O–H groups in total. The monoisotopic (exact) mass is 335 g/mol. The molecule has 0 radical (unpaired) electrons. The smallest absolute Gasteiger partial charge is 0.0959 e. The van der Waals surface area contributed by atoms with Crippen molar-refractivity contribution >= 4 is 27.0 Å². The number of benzene rings is 1. The fourth-order valence-corrected chi connectivity index (χ4v) is 3.72. The Morgan fingerprint density at radius 2 is 2.05 bits per heavy atom. The lowest BCUT2D eigenvalue weighted by atomic mass is 9.95. The van der Waals surface area contributed by atoms with Gasteiger partial charge in [-0.2, -0.15) is 0 Å². The van der Waals surface area contributed by atoms with Gasteiger partial charge < -0.3 is 9.30 Å². The molecule has 1 aromatic heterocycles. The normalized spacial score (nSPS) is 22.2. The summed E-state index contributed by atoms with van der Waals surface area (Å²) in [7, 11) is 0. The molecule has 2 aromatic rings. The first-order valence-electron chi connectivity index (χ1n) is 7.20. The Balaban J connectivity index is 1.67. The van der Waals surface area contributed by atoms with Crippen LogP contribution in [0.15, 0.2) is 29.0 Å². The Labute approximate surface area is 126 Å². The van der Waals surface area contributed by atoms with Gasteiger partial charge >= 0.3 is 0 Å². The third-order valence-electron chi connectivity index (χ3n) is 4.57. The third-order valence-corrected chi connectivity index (χ3v) is 5.06. The summed E-state index contributed by atoms with van der Waals surface area (Å²) >= 11 is 3.55. The topological polar surface area (TPSA) is 30.3 Å². The average Bonchev–Trinajstić information content (AvgIpc) is 3.03. The van der Waals surface area contributed by atoms with Gasteiger partial charge in [-0.15, -0.1) is 0 Å². The first kappa shape index (κ1) is 12.8. The van der Waals surface area contributed by atoms with Crippen LogP contribution in [0.4, 0.5) is 0 Å². The van der Waals surface area contributed by atoms with E-state index < -0.39 is 0 Å². The summed E-state index contributed by atoms with van der Waals surface area (Å²) in [5.74, 6) is 0. The summed E-state index contributed by atoms with van der Waals surface area (Å²) in [4.78, 5) is 7.12. The average molecular weight is 336 g/mol. The number of likely N-dealkylation sites (tertiary alicyclic amines) is 1. The summed E-state index contributed by atoms with van der Waals surface area (Å²) in [6, 6.07) is 6.26. The van der Waals surface area contributed by atoms with Crippen LogP contribution in [0.2, 0.25) is 0 Å². The van der Waals surface area contributed by atoms with Crippen LogP contribution in [0.3, 0.4) is 0 Å². The zero-order chi connectivity index (χ0) is 13.6. The molecule has 106 valence electrons. The van der Waals surface area contributed by atoms with Crippen LogP contribution in [0, 0.1) is 0 Å². The van der Waals surface area contributed by atoms with E-state index in [1.54, 1.807) is 0 Å². The Morgan fingerprint density at radius 1 is 1.25 bits per heavy atom. The van der Waals surface area contributed by atoms with Gasteiger partial charge in [0.05, 0.1) is 36.1 Å². The fraction of sp³-hybridized carbons (Fsp3) is 0.533. The highest BCUT2D eigenvalue weighted by Crippen LogP contribution is 2.32. The first-order valence-corrected chi connectivity index (χ1v) is 7.99. The van der Waals surface area contributed by atoms with Crippen LogP contribution in [0.25, 0.3) is 11.0 Å². The van der Waals surface area contributed by atoms with Crippen molar-refractivity contribution in [3.05, 3.63) is 29.0 Å². The molecule has 20 heavy (non-hydrogen) atoms. The van der Waals surface area contributed by atoms with Gasteiger partial charge in [0, 0.05) is 11.0 Å². The SMILES string of the molecule is Brc1ccc2ncn(CC3(N4CCCC4)COC3)c2c1. The van der Waals surface area contributed by atoms with Crippen molar-refractivity contribution in [3.63, 3.8) is 0 Å². The van der Waals surface area contributed by atoms with Crippen LogP contribution in [0.1, 0.15) is 12.8 Å². The van der Waals surface area contributed by atoms with Gasteiger partial charge in [-0.25, -0.2) is 4.98 Å². The number of hydrogen-bond donors (Lipinski definition) is 0. The highest BCUT2D eigenvalue weighted by atomic mass is 79.9. The summed E-state index contributed by atoms with van der Waals surface area (Å²) < 4.78 is 8.93. The van der Waals surface area contributed by atoms with Crippen LogP contribution in [-0.2, 0) is 11.3 Å². The van der Waals surface area contributed by atoms with E-state index in [0.29, 0.717) is 0 Å². The van der Waals surface area contributed by atoms with Gasteiger partial charge in [0.1, 0.15) is 0 Å². The van der Waals surface area contributed by atoms with Crippen LogP contribution in [-0.4, -0.2) is 46.3 Å². The molecule has 4 nitrogen and oxygen atoms in total. The standard InChI is InChI=1S/C15H18BrN3O/c16-12-3-4-13-14(7-12)18(11-17-13)8-15(9-20-10-15)19-5-1-2-6-19/h3-4,7,11H,1-2,5-6,8-10H2. The molecule has 0 amide bonds. The molecule has 2 fully saturated rings. The molecule has 0 aliphatic carbocycles. The molecule has 3 heterocycles. The lowest BCUT2D eigenvalue weighted by Crippen LogP contribution is -2.63. The Kier molecular flexibility index (Phi) is 3.09. The van der Waals surface area contributed by atoms with E-state index >= 15 is 0 Å². The number of hydrogen-bond acceptors (Lipinski definition) is 3. The molecule has 2 saturated heterocycles. The minimum atomic E-state index is 0.187. The Hall–Kier alpha value is -0.910. The maximum absolute atomic E-state index is 5.55. The van der Waals surface area contributed by atoms with E-state index in [9.17, 15) is 0 Å². The van der Waals surface area contributed by atoms with Crippen molar-refractivity contribution in [3.8, 4) is 0 Å². The maximum Gasteiger partial charge on any atom is 0.0959 e. The minimum Gasteiger partial charge on any atom is -0.377 e. The molecule has 4 rings (SSSR count). The van der Waals surface area contributed by atoms with E-state index in [1.807, 2.05) is 12.4 Å². The number of imidazole rings is 1. The first-order chi connectivity index (χ1) is 9.77. The molecule has 0 saturated carbocycles. The Bertz CT molecular complexity index is 629. The van der Waals surface area contributed by atoms with E-state index in [0.717, 1.165) is 29.7 Å². The molecule has 0 bridgehead atoms. The molecule has 2 aliphatic rings. The minimum absolute atomic E-state index is 0.187. The predicted molar refractivity (Wildman–Crippen MR) is 81.8 cm³/mol. The molecule has 0 unspecified atom stereocenters. The van der Waals surface area contributed by atoms with E-state index in [-0.39, 0.29) is 5.54 Å². The molecule has 2 aliphatic heterocycles. The van der Waals surface area contributed by atoms with Crippen molar-refractivity contribution in [1.29, 1.82) is 0 Å². The van der Waals surface area contributed by atoms with Crippen molar-refractivity contribution in [2.75, 3.05) is 26.3 Å². The third kappa shape index (κ3) is 2.00. The lowest BCUT2D eigenvalue weighted by Gasteiger charge is -2.48. The Morgan fingerprint density at radius 3 is 2.75 bits per heavy atom. The van der Waals surface area contributed by atoms with E-state index in [1.165, 1.54) is 31.4 Å². The number of halogens is 1. The van der Waals surface area contributed by atoms with Gasteiger partial charge in [-0.3, -0.25) is 4.90 Å². The van der Waals surface area contributed by atoms with Gasteiger partial charge in [0.2, 0.25) is 0 Å². The fourth-order valence-electron chi connectivity index (χ4n) is 3.38. The van der Waals surface area contributed by atoms with Crippen molar-refractivity contribution in [1.82, 2.24) is 14.5 Å². The van der Waals surface area contributed by atoms with Crippen LogP contribution < -0.4 is 0 Å². The molecular formula is C15H18BrN3O. The molecular weight excluding hydrogens is 318 g/mol. The predicted octanol–water partition coefficient (Wildman–Crippen LogP) is 2.66. The van der Waals surface area contributed by atoms with Gasteiger partial charge in [-0.1, -0.05) is 15.9 Å². The van der Waals surface area contributed by atoms with E-state index in [4.69, 9.17) is 4.74 Å². The van der Waals surface area contributed by atoms with Crippen molar-refractivity contribution < 1.29 is 4.74 Å². The number of rotatable bonds is 3. The van der Waals surface area contributed by atoms with E-state index in [2.05, 4.69) is 42.5 Å². The summed E-state index contributed by atoms with van der Waals surface area (Å²) in [6.45, 7) is 5.08. The number of aromatic nitrogens is 2. The second-order valence-electron chi connectivity index (χ2n) is 5.92. The second kappa shape index (κ2) is 4.83. The lowest BCUT2D eigenvalue weighted by molar-refractivity contribution is -0.141. The van der Waals surface area contributed by atoms with Crippen molar-refractivity contribution in [2.45, 2.75) is 24.9 Å². The zero-order valence-electron chi connectivity index (χ0n) is 11.4. The van der Waals surface area contributed by atoms with Gasteiger partial charge in [-0.05, 0) is 44.1 Å². The maximum atomic E-state index is 5.55. The molecule has 0 atom stereocenters. The summed E-state index contributed by atoms with van der Waals surface area (Å²) in [5, 5.41) is 0. The molecule has 0 spiro atoms. The quantitative estimate of drug-likeness (QED) is 0.863. The van der Waals surface area contributed by atoms with Gasteiger partial charge in [0.25, 0.3) is 0 Å². The van der Waals surface area contributed by atoms with Crippen LogP contribution in [0.5, 0.6) is 0 Å². The van der Waals surface area contributed by atoms with Gasteiger partial charge in [0.15, 0.2) is 0 Å². The molecule has 5 heteroatoms. The summed E-state index contributed by atoms with van der Waals surface area (Å²) in [6.07, 6.45) is 4.60. The summed E-state index contributed by atoms with van der Waals surface area (Å²) in [5.41, 5.74) is 2.45. The largest absolute Gasteiger partial charge is 0.377 e.